The number of hydrogen-bond donors (Lipinski definition) is 2. The molecule has 0 fully saturated rings. The number of anilines is 2. The summed E-state index contributed by atoms with van der Waals surface area (Å²) < 4.78 is 0.914. The first-order chi connectivity index (χ1) is 9.17. The number of nitrogens with zero attached hydrogens (tertiary/aromatic N) is 2. The average molecular weight is 329 g/mol. The van der Waals surface area contributed by atoms with Crippen molar-refractivity contribution in [1.29, 1.82) is 0 Å². The number of rotatable bonds is 9. The van der Waals surface area contributed by atoms with Crippen LogP contribution >= 0.6 is 15.9 Å². The quantitative estimate of drug-likeness (QED) is 0.658. The molecule has 5 heteroatoms. The molecule has 0 radical (unpaired) electrons. The van der Waals surface area contributed by atoms with Crippen molar-refractivity contribution in [3.8, 4) is 0 Å². The number of hydrogen-bond acceptors (Lipinski definition) is 4. The Bertz CT molecular complexity index is 370. The van der Waals surface area contributed by atoms with Gasteiger partial charge in [-0.15, -0.1) is 0 Å². The summed E-state index contributed by atoms with van der Waals surface area (Å²) in [6, 6.07) is 0.428. The Morgan fingerprint density at radius 2 is 2.05 bits per heavy atom. The van der Waals surface area contributed by atoms with Gasteiger partial charge in [0.25, 0.3) is 0 Å². The molecule has 0 aromatic carbocycles. The minimum absolute atomic E-state index is 0.428. The molecule has 1 aromatic rings. The van der Waals surface area contributed by atoms with Crippen LogP contribution in [0.1, 0.15) is 52.9 Å². The predicted molar refractivity (Wildman–Crippen MR) is 85.7 cm³/mol. The summed E-state index contributed by atoms with van der Waals surface area (Å²) in [5.74, 6) is 1.56. The van der Waals surface area contributed by atoms with E-state index in [1.165, 1.54) is 25.7 Å². The van der Waals surface area contributed by atoms with E-state index >= 15 is 0 Å². The monoisotopic (exact) mass is 328 g/mol. The number of aromatic nitrogens is 2. The average Bonchev–Trinajstić information content (AvgIpc) is 2.40. The van der Waals surface area contributed by atoms with Crippen molar-refractivity contribution in [2.24, 2.45) is 0 Å². The summed E-state index contributed by atoms with van der Waals surface area (Å²) in [5, 5.41) is 6.65. The fourth-order valence-corrected chi connectivity index (χ4v) is 2.10. The maximum absolute atomic E-state index is 4.50. The number of halogens is 1. The van der Waals surface area contributed by atoms with Crippen molar-refractivity contribution in [2.45, 2.75) is 58.9 Å². The van der Waals surface area contributed by atoms with Crippen molar-refractivity contribution >= 4 is 27.7 Å². The van der Waals surface area contributed by atoms with Crippen molar-refractivity contribution in [3.63, 3.8) is 0 Å². The highest BCUT2D eigenvalue weighted by molar-refractivity contribution is 9.10. The molecule has 1 unspecified atom stereocenters. The van der Waals surface area contributed by atoms with Crippen LogP contribution in [0.3, 0.4) is 0 Å². The fourth-order valence-electron chi connectivity index (χ4n) is 1.80. The molecule has 0 saturated heterocycles. The van der Waals surface area contributed by atoms with E-state index in [0.717, 1.165) is 23.3 Å². The van der Waals surface area contributed by atoms with Crippen LogP contribution in [0.4, 0.5) is 11.8 Å². The molecule has 0 amide bonds. The zero-order chi connectivity index (χ0) is 14.1. The molecule has 4 nitrogen and oxygen atoms in total. The molecule has 0 aliphatic rings. The molecular formula is C14H25BrN4. The van der Waals surface area contributed by atoms with E-state index in [1.807, 2.05) is 0 Å². The Morgan fingerprint density at radius 1 is 1.26 bits per heavy atom. The molecule has 1 aromatic heterocycles. The van der Waals surface area contributed by atoms with Crippen molar-refractivity contribution in [1.82, 2.24) is 9.97 Å². The SMILES string of the molecule is CCCCCC(C)Nc1nc(NCCC)ncc1Br. The van der Waals surface area contributed by atoms with Crippen LogP contribution in [0.25, 0.3) is 0 Å². The zero-order valence-corrected chi connectivity index (χ0v) is 13.8. The summed E-state index contributed by atoms with van der Waals surface area (Å²) in [6.07, 6.45) is 7.84. The standard InChI is InChI=1S/C14H25BrN4/c1-4-6-7-8-11(3)18-13-12(15)10-17-14(19-13)16-9-5-2/h10-11H,4-9H2,1-3H3,(H2,16,17,18,19). The normalized spacial score (nSPS) is 12.2. The summed E-state index contributed by atoms with van der Waals surface area (Å²) in [6.45, 7) is 7.45. The molecule has 0 bridgehead atoms. The summed E-state index contributed by atoms with van der Waals surface area (Å²) in [5.41, 5.74) is 0. The van der Waals surface area contributed by atoms with Gasteiger partial charge in [-0.25, -0.2) is 4.98 Å². The summed E-state index contributed by atoms with van der Waals surface area (Å²) >= 11 is 3.49. The van der Waals surface area contributed by atoms with E-state index in [0.29, 0.717) is 12.0 Å². The van der Waals surface area contributed by atoms with E-state index < -0.39 is 0 Å². The lowest BCUT2D eigenvalue weighted by Gasteiger charge is -2.16. The highest BCUT2D eigenvalue weighted by Crippen LogP contribution is 2.21. The van der Waals surface area contributed by atoms with Crippen LogP contribution in [-0.2, 0) is 0 Å². The van der Waals surface area contributed by atoms with Gasteiger partial charge in [-0.05, 0) is 35.7 Å². The molecule has 0 aliphatic heterocycles. The second-order valence-corrected chi connectivity index (χ2v) is 5.71. The first kappa shape index (κ1) is 16.2. The van der Waals surface area contributed by atoms with Gasteiger partial charge < -0.3 is 10.6 Å². The number of unbranched alkanes of at least 4 members (excludes halogenated alkanes) is 2. The third kappa shape index (κ3) is 6.23. The minimum atomic E-state index is 0.428. The van der Waals surface area contributed by atoms with Gasteiger partial charge in [0.2, 0.25) is 5.95 Å². The highest BCUT2D eigenvalue weighted by Gasteiger charge is 2.08. The Labute approximate surface area is 124 Å². The molecule has 0 spiro atoms. The van der Waals surface area contributed by atoms with Crippen LogP contribution in [-0.4, -0.2) is 22.6 Å². The van der Waals surface area contributed by atoms with E-state index in [2.05, 4.69) is 57.3 Å². The molecule has 2 N–H and O–H groups in total. The molecule has 0 saturated carbocycles. The smallest absolute Gasteiger partial charge is 0.224 e. The molecule has 1 atom stereocenters. The number of nitrogens with one attached hydrogen (secondary N) is 2. The van der Waals surface area contributed by atoms with E-state index in [9.17, 15) is 0 Å². The Balaban J connectivity index is 2.55. The van der Waals surface area contributed by atoms with Crippen LogP contribution in [0.15, 0.2) is 10.7 Å². The summed E-state index contributed by atoms with van der Waals surface area (Å²) in [7, 11) is 0. The maximum Gasteiger partial charge on any atom is 0.224 e. The lowest BCUT2D eigenvalue weighted by Crippen LogP contribution is -2.17. The Kier molecular flexibility index (Phi) is 7.79. The Hall–Kier alpha value is -0.840. The van der Waals surface area contributed by atoms with Gasteiger partial charge in [0.05, 0.1) is 4.47 Å². The predicted octanol–water partition coefficient (Wildman–Crippen LogP) is 4.44. The molecule has 1 heterocycles. The molecular weight excluding hydrogens is 304 g/mol. The van der Waals surface area contributed by atoms with Crippen molar-refractivity contribution < 1.29 is 0 Å². The van der Waals surface area contributed by atoms with E-state index in [1.54, 1.807) is 6.20 Å². The molecule has 1 rings (SSSR count). The Morgan fingerprint density at radius 3 is 2.74 bits per heavy atom. The molecule has 108 valence electrons. The minimum Gasteiger partial charge on any atom is -0.367 e. The summed E-state index contributed by atoms with van der Waals surface area (Å²) in [4.78, 5) is 8.75. The second-order valence-electron chi connectivity index (χ2n) is 4.86. The first-order valence-corrected chi connectivity index (χ1v) is 7.99. The highest BCUT2D eigenvalue weighted by atomic mass is 79.9. The topological polar surface area (TPSA) is 49.8 Å². The van der Waals surface area contributed by atoms with E-state index in [-0.39, 0.29) is 0 Å². The fraction of sp³-hybridized carbons (Fsp3) is 0.714. The zero-order valence-electron chi connectivity index (χ0n) is 12.2. The maximum atomic E-state index is 4.50. The largest absolute Gasteiger partial charge is 0.367 e. The third-order valence-electron chi connectivity index (χ3n) is 2.90. The van der Waals surface area contributed by atoms with Gasteiger partial charge in [0, 0.05) is 18.8 Å². The lowest BCUT2D eigenvalue weighted by atomic mass is 10.1. The van der Waals surface area contributed by atoms with Crippen LogP contribution in [0, 0.1) is 0 Å². The van der Waals surface area contributed by atoms with Gasteiger partial charge in [0.15, 0.2) is 0 Å². The van der Waals surface area contributed by atoms with Crippen molar-refractivity contribution in [2.75, 3.05) is 17.2 Å². The second kappa shape index (κ2) is 9.13. The van der Waals surface area contributed by atoms with E-state index in [4.69, 9.17) is 0 Å². The lowest BCUT2D eigenvalue weighted by molar-refractivity contribution is 0.613. The van der Waals surface area contributed by atoms with Crippen molar-refractivity contribution in [3.05, 3.63) is 10.7 Å². The first-order valence-electron chi connectivity index (χ1n) is 7.20. The third-order valence-corrected chi connectivity index (χ3v) is 3.48. The van der Waals surface area contributed by atoms with Crippen LogP contribution in [0.5, 0.6) is 0 Å². The van der Waals surface area contributed by atoms with Gasteiger partial charge in [-0.1, -0.05) is 33.1 Å². The van der Waals surface area contributed by atoms with Gasteiger partial charge in [-0.2, -0.15) is 4.98 Å². The van der Waals surface area contributed by atoms with Gasteiger partial charge in [-0.3, -0.25) is 0 Å². The van der Waals surface area contributed by atoms with Crippen LogP contribution < -0.4 is 10.6 Å². The van der Waals surface area contributed by atoms with Gasteiger partial charge >= 0.3 is 0 Å². The van der Waals surface area contributed by atoms with Crippen LogP contribution in [0.2, 0.25) is 0 Å². The molecule has 0 aliphatic carbocycles. The molecule has 19 heavy (non-hydrogen) atoms. The van der Waals surface area contributed by atoms with Gasteiger partial charge in [0.1, 0.15) is 5.82 Å².